The molecule has 0 atom stereocenters. The van der Waals surface area contributed by atoms with Gasteiger partial charge in [-0.25, -0.2) is 4.79 Å². The van der Waals surface area contributed by atoms with Crippen LogP contribution >= 0.6 is 11.6 Å². The second-order valence-electron chi connectivity index (χ2n) is 9.72. The summed E-state index contributed by atoms with van der Waals surface area (Å²) >= 11 is 6.06. The van der Waals surface area contributed by atoms with Gasteiger partial charge in [0.15, 0.2) is 0 Å². The molecule has 3 aromatic carbocycles. The Labute approximate surface area is 233 Å². The first-order valence-electron chi connectivity index (χ1n) is 13.3. The Morgan fingerprint density at radius 1 is 0.974 bits per heavy atom. The van der Waals surface area contributed by atoms with E-state index in [0.29, 0.717) is 41.7 Å². The van der Waals surface area contributed by atoms with Crippen molar-refractivity contribution in [3.8, 4) is 11.3 Å². The van der Waals surface area contributed by atoms with E-state index in [2.05, 4.69) is 35.3 Å². The van der Waals surface area contributed by atoms with Crippen molar-refractivity contribution >= 4 is 40.3 Å². The Bertz CT molecular complexity index is 1460. The zero-order chi connectivity index (χ0) is 27.2. The zero-order valence-electron chi connectivity index (χ0n) is 22.0. The van der Waals surface area contributed by atoms with Crippen LogP contribution in [-0.4, -0.2) is 54.6 Å². The van der Waals surface area contributed by atoms with Gasteiger partial charge in [0.05, 0.1) is 12.3 Å². The Hall–Kier alpha value is -3.81. The Kier molecular flexibility index (Phi) is 8.49. The highest BCUT2D eigenvalue weighted by Gasteiger charge is 2.22. The molecule has 0 bridgehead atoms. The van der Waals surface area contributed by atoms with Gasteiger partial charge in [-0.15, -0.1) is 0 Å². The van der Waals surface area contributed by atoms with E-state index in [1.165, 1.54) is 0 Å². The maximum Gasteiger partial charge on any atom is 0.409 e. The molecule has 2 heterocycles. The number of carbonyl (C=O) groups excluding carboxylic acids is 2. The van der Waals surface area contributed by atoms with Gasteiger partial charge < -0.3 is 19.4 Å². The molecule has 5 rings (SSSR count). The lowest BCUT2D eigenvalue weighted by Crippen LogP contribution is -2.48. The summed E-state index contributed by atoms with van der Waals surface area (Å²) in [6, 6.07) is 22.7. The second kappa shape index (κ2) is 12.4. The summed E-state index contributed by atoms with van der Waals surface area (Å²) in [7, 11) is 0. The number of anilines is 1. The molecule has 0 aliphatic carbocycles. The predicted molar refractivity (Wildman–Crippen MR) is 154 cm³/mol. The average Bonchev–Trinajstić information content (AvgIpc) is 3.37. The fraction of sp³-hybridized carbons (Fsp3) is 0.290. The number of hydrogen-bond acceptors (Lipinski definition) is 5. The summed E-state index contributed by atoms with van der Waals surface area (Å²) in [5.41, 5.74) is 3.88. The summed E-state index contributed by atoms with van der Waals surface area (Å²) in [4.78, 5) is 29.2. The van der Waals surface area contributed by atoms with Crippen molar-refractivity contribution in [2.24, 2.45) is 0 Å². The van der Waals surface area contributed by atoms with Crippen molar-refractivity contribution in [2.75, 3.05) is 38.1 Å². The minimum atomic E-state index is -0.238. The van der Waals surface area contributed by atoms with E-state index >= 15 is 0 Å². The molecule has 0 radical (unpaired) electrons. The van der Waals surface area contributed by atoms with Gasteiger partial charge in [-0.3, -0.25) is 9.69 Å². The van der Waals surface area contributed by atoms with E-state index in [9.17, 15) is 9.59 Å². The number of nitrogens with zero attached hydrogens (tertiary/aromatic N) is 2. The van der Waals surface area contributed by atoms with Crippen LogP contribution in [0.2, 0.25) is 5.02 Å². The molecule has 1 saturated heterocycles. The maximum absolute atomic E-state index is 12.8. The van der Waals surface area contributed by atoms with Crippen molar-refractivity contribution in [1.29, 1.82) is 0 Å². The average molecular weight is 546 g/mol. The van der Waals surface area contributed by atoms with Crippen molar-refractivity contribution in [1.82, 2.24) is 9.80 Å². The lowest BCUT2D eigenvalue weighted by molar-refractivity contribution is 0.0737. The van der Waals surface area contributed by atoms with Gasteiger partial charge in [0.2, 0.25) is 0 Å². The highest BCUT2D eigenvalue weighted by Crippen LogP contribution is 2.33. The SMILES string of the molecule is CCCCOC(=O)N1CCN(Cc2ccc3cc(-c4ccccc4NC(=O)c4cccc(Cl)c4)oc3c2)CC1. The Balaban J connectivity index is 1.25. The van der Waals surface area contributed by atoms with Crippen LogP contribution < -0.4 is 5.32 Å². The molecule has 0 spiro atoms. The van der Waals surface area contributed by atoms with Gasteiger partial charge in [-0.1, -0.05) is 55.3 Å². The number of furan rings is 1. The van der Waals surface area contributed by atoms with Crippen molar-refractivity contribution in [3.05, 3.63) is 88.9 Å². The first kappa shape index (κ1) is 26.8. The van der Waals surface area contributed by atoms with Crippen LogP contribution in [-0.2, 0) is 11.3 Å². The van der Waals surface area contributed by atoms with E-state index in [-0.39, 0.29) is 12.0 Å². The number of piperazine rings is 1. The lowest BCUT2D eigenvalue weighted by Gasteiger charge is -2.34. The van der Waals surface area contributed by atoms with Gasteiger partial charge in [0.25, 0.3) is 5.91 Å². The van der Waals surface area contributed by atoms with E-state index in [1.807, 2.05) is 30.3 Å². The van der Waals surface area contributed by atoms with Crippen molar-refractivity contribution in [2.45, 2.75) is 26.3 Å². The number of hydrogen-bond donors (Lipinski definition) is 1. The quantitative estimate of drug-likeness (QED) is 0.240. The molecule has 2 amide bonds. The normalized spacial score (nSPS) is 13.9. The van der Waals surface area contributed by atoms with Crippen LogP contribution in [0.1, 0.15) is 35.7 Å². The molecule has 1 aliphatic rings. The number of unbranched alkanes of at least 4 members (excludes halogenated alkanes) is 1. The van der Waals surface area contributed by atoms with Crippen LogP contribution in [0.3, 0.4) is 0 Å². The standard InChI is InChI=1S/C31H32ClN3O4/c1-2-3-17-38-31(37)35-15-13-34(14-16-35)21-22-11-12-23-20-29(39-28(23)18-22)26-9-4-5-10-27(26)33-30(36)24-7-6-8-25(32)19-24/h4-12,18-20H,2-3,13-17,21H2,1H3,(H,33,36). The molecule has 8 heteroatoms. The number of rotatable bonds is 8. The number of amides is 2. The molecule has 0 unspecified atom stereocenters. The summed E-state index contributed by atoms with van der Waals surface area (Å²) in [6.07, 6.45) is 1.69. The maximum atomic E-state index is 12.8. The minimum Gasteiger partial charge on any atom is -0.456 e. The molecule has 1 aliphatic heterocycles. The van der Waals surface area contributed by atoms with E-state index < -0.39 is 0 Å². The van der Waals surface area contributed by atoms with Crippen LogP contribution in [0.15, 0.2) is 77.2 Å². The summed E-state index contributed by atoms with van der Waals surface area (Å²) in [5, 5.41) is 4.49. The van der Waals surface area contributed by atoms with Crippen LogP contribution in [0, 0.1) is 0 Å². The zero-order valence-corrected chi connectivity index (χ0v) is 22.7. The van der Waals surface area contributed by atoms with Gasteiger partial charge in [-0.2, -0.15) is 0 Å². The fourth-order valence-corrected chi connectivity index (χ4v) is 4.87. The molecule has 4 aromatic rings. The van der Waals surface area contributed by atoms with Gasteiger partial charge in [0.1, 0.15) is 11.3 Å². The molecule has 202 valence electrons. The topological polar surface area (TPSA) is 75.0 Å². The third kappa shape index (κ3) is 6.61. The number of nitrogens with one attached hydrogen (secondary N) is 1. The van der Waals surface area contributed by atoms with Gasteiger partial charge in [0, 0.05) is 54.3 Å². The number of ether oxygens (including phenoxy) is 1. The third-order valence-corrected chi connectivity index (χ3v) is 7.11. The monoisotopic (exact) mass is 545 g/mol. The molecule has 0 saturated carbocycles. The van der Waals surface area contributed by atoms with Crippen LogP contribution in [0.25, 0.3) is 22.3 Å². The van der Waals surface area contributed by atoms with Crippen molar-refractivity contribution in [3.63, 3.8) is 0 Å². The molecule has 39 heavy (non-hydrogen) atoms. The second-order valence-corrected chi connectivity index (χ2v) is 10.2. The predicted octanol–water partition coefficient (Wildman–Crippen LogP) is 7.06. The minimum absolute atomic E-state index is 0.211. The van der Waals surface area contributed by atoms with Gasteiger partial charge in [-0.05, 0) is 54.4 Å². The number of fused-ring (bicyclic) bond motifs is 1. The van der Waals surface area contributed by atoms with E-state index in [1.54, 1.807) is 29.2 Å². The number of para-hydroxylation sites is 1. The summed E-state index contributed by atoms with van der Waals surface area (Å²) in [5.74, 6) is 0.442. The lowest BCUT2D eigenvalue weighted by atomic mass is 10.1. The summed E-state index contributed by atoms with van der Waals surface area (Å²) < 4.78 is 11.6. The number of benzene rings is 3. The molecule has 1 fully saturated rings. The highest BCUT2D eigenvalue weighted by molar-refractivity contribution is 6.31. The molecule has 7 nitrogen and oxygen atoms in total. The Morgan fingerprint density at radius 3 is 2.59 bits per heavy atom. The first-order valence-corrected chi connectivity index (χ1v) is 13.7. The Morgan fingerprint density at radius 2 is 1.79 bits per heavy atom. The molecule has 1 N–H and O–H groups in total. The smallest absolute Gasteiger partial charge is 0.409 e. The third-order valence-electron chi connectivity index (χ3n) is 6.87. The van der Waals surface area contributed by atoms with E-state index in [0.717, 1.165) is 54.6 Å². The molecule has 1 aromatic heterocycles. The highest BCUT2D eigenvalue weighted by atomic mass is 35.5. The summed E-state index contributed by atoms with van der Waals surface area (Å²) in [6.45, 7) is 6.26. The fourth-order valence-electron chi connectivity index (χ4n) is 4.68. The number of halogens is 1. The molecular formula is C31H32ClN3O4. The molecular weight excluding hydrogens is 514 g/mol. The van der Waals surface area contributed by atoms with E-state index in [4.69, 9.17) is 20.8 Å². The van der Waals surface area contributed by atoms with Gasteiger partial charge >= 0.3 is 6.09 Å². The van der Waals surface area contributed by atoms with Crippen molar-refractivity contribution < 1.29 is 18.7 Å². The largest absolute Gasteiger partial charge is 0.456 e. The number of carbonyl (C=O) groups is 2. The van der Waals surface area contributed by atoms with Crippen LogP contribution in [0.4, 0.5) is 10.5 Å². The van der Waals surface area contributed by atoms with Crippen LogP contribution in [0.5, 0.6) is 0 Å². The first-order chi connectivity index (χ1) is 19.0.